The first-order valence-corrected chi connectivity index (χ1v) is 11.9. The minimum Gasteiger partial charge on any atom is -0.481 e. The Bertz CT molecular complexity index is 574. The van der Waals surface area contributed by atoms with Crippen LogP contribution in [0.4, 0.5) is 0 Å². The van der Waals surface area contributed by atoms with Gasteiger partial charge >= 0.3 is 17.9 Å². The Morgan fingerprint density at radius 1 is 0.677 bits per heavy atom. The third-order valence-electron chi connectivity index (χ3n) is 7.23. The summed E-state index contributed by atoms with van der Waals surface area (Å²) in [5.74, 6) is -8.32. The van der Waals surface area contributed by atoms with E-state index in [1.807, 2.05) is 20.8 Å². The lowest BCUT2D eigenvalue weighted by Gasteiger charge is -2.53. The van der Waals surface area contributed by atoms with Gasteiger partial charge in [0, 0.05) is 0 Å². The lowest BCUT2D eigenvalue weighted by molar-refractivity contribution is -0.229. The van der Waals surface area contributed by atoms with Crippen LogP contribution in [0.2, 0.25) is 0 Å². The summed E-state index contributed by atoms with van der Waals surface area (Å²) < 4.78 is 0. The molecule has 0 rings (SSSR count). The fourth-order valence-electron chi connectivity index (χ4n) is 5.94. The third kappa shape index (κ3) is 5.41. The Kier molecular flexibility index (Phi) is 12.4. The largest absolute Gasteiger partial charge is 0.481 e. The second-order valence-corrected chi connectivity index (χ2v) is 8.81. The Balaban J connectivity index is 7.52. The topological polar surface area (TPSA) is 132 Å². The summed E-state index contributed by atoms with van der Waals surface area (Å²) in [6.45, 7) is 11.0. The zero-order chi connectivity index (χ0) is 24.4. The SMILES string of the molecule is CCCC(CC)C(C(=O)O)C(O)(C(=O)O)C(C(=O)O)(C(CC)CCC)C(CC)CCC. The van der Waals surface area contributed by atoms with E-state index in [4.69, 9.17) is 0 Å². The Morgan fingerprint density at radius 3 is 1.32 bits per heavy atom. The van der Waals surface area contributed by atoms with E-state index >= 15 is 0 Å². The smallest absolute Gasteiger partial charge is 0.337 e. The van der Waals surface area contributed by atoms with Crippen molar-refractivity contribution in [2.24, 2.45) is 29.1 Å². The minimum absolute atomic E-state index is 0.339. The van der Waals surface area contributed by atoms with E-state index < -0.39 is 52.6 Å². The lowest BCUT2D eigenvalue weighted by atomic mass is 9.49. The summed E-state index contributed by atoms with van der Waals surface area (Å²) in [5.41, 5.74) is -5.05. The summed E-state index contributed by atoms with van der Waals surface area (Å²) >= 11 is 0. The maximum Gasteiger partial charge on any atom is 0.337 e. The van der Waals surface area contributed by atoms with Gasteiger partial charge in [0.15, 0.2) is 5.60 Å². The number of carbonyl (C=O) groups is 3. The standard InChI is InChI=1S/C24H44O7/c1-7-13-16(10-4)19(20(25)26)24(31,22(29)30)23(21(27)28,17(11-5)14-8-2)18(12-6)15-9-3/h16-19,31H,7-15H2,1-6H3,(H,25,26)(H,27,28)(H,29,30). The maximum absolute atomic E-state index is 13.1. The van der Waals surface area contributed by atoms with E-state index in [0.717, 1.165) is 0 Å². The third-order valence-corrected chi connectivity index (χ3v) is 7.23. The zero-order valence-electron chi connectivity index (χ0n) is 20.2. The Morgan fingerprint density at radius 2 is 1.10 bits per heavy atom. The summed E-state index contributed by atoms with van der Waals surface area (Å²) in [7, 11) is 0. The van der Waals surface area contributed by atoms with Crippen molar-refractivity contribution in [3.8, 4) is 0 Å². The average Bonchev–Trinajstić information content (AvgIpc) is 2.71. The van der Waals surface area contributed by atoms with Crippen LogP contribution < -0.4 is 0 Å². The fourth-order valence-corrected chi connectivity index (χ4v) is 5.94. The Hall–Kier alpha value is -1.63. The average molecular weight is 445 g/mol. The lowest BCUT2D eigenvalue weighted by Crippen LogP contribution is -2.70. The van der Waals surface area contributed by atoms with E-state index in [-0.39, 0.29) is 0 Å². The van der Waals surface area contributed by atoms with Crippen LogP contribution in [0.15, 0.2) is 0 Å². The monoisotopic (exact) mass is 444 g/mol. The van der Waals surface area contributed by atoms with Crippen molar-refractivity contribution in [2.75, 3.05) is 0 Å². The predicted molar refractivity (Wildman–Crippen MR) is 120 cm³/mol. The van der Waals surface area contributed by atoms with Crippen LogP contribution >= 0.6 is 0 Å². The molecule has 0 saturated heterocycles. The molecule has 0 aromatic heterocycles. The molecule has 31 heavy (non-hydrogen) atoms. The van der Waals surface area contributed by atoms with Gasteiger partial charge in [0.05, 0.1) is 0 Å². The number of aliphatic carboxylic acids is 3. The van der Waals surface area contributed by atoms with Gasteiger partial charge in [-0.3, -0.25) is 9.59 Å². The quantitative estimate of drug-likeness (QED) is 0.247. The van der Waals surface area contributed by atoms with Crippen molar-refractivity contribution in [1.82, 2.24) is 0 Å². The van der Waals surface area contributed by atoms with Gasteiger partial charge in [0.25, 0.3) is 0 Å². The highest BCUT2D eigenvalue weighted by Crippen LogP contribution is 2.56. The van der Waals surface area contributed by atoms with Crippen LogP contribution in [0.25, 0.3) is 0 Å². The minimum atomic E-state index is -2.94. The first-order valence-electron chi connectivity index (χ1n) is 11.9. The van der Waals surface area contributed by atoms with Gasteiger partial charge in [0.1, 0.15) is 11.3 Å². The molecule has 0 heterocycles. The number of hydrogen-bond acceptors (Lipinski definition) is 4. The fraction of sp³-hybridized carbons (Fsp3) is 0.875. The molecule has 0 radical (unpaired) electrons. The highest BCUT2D eigenvalue weighted by Gasteiger charge is 2.71. The summed E-state index contributed by atoms with van der Waals surface area (Å²) in [6.07, 6.45) is 4.03. The molecule has 5 unspecified atom stereocenters. The highest BCUT2D eigenvalue weighted by molar-refractivity contribution is 5.94. The number of hydrogen-bond donors (Lipinski definition) is 4. The van der Waals surface area contributed by atoms with Crippen molar-refractivity contribution < 1.29 is 34.8 Å². The van der Waals surface area contributed by atoms with E-state index in [1.165, 1.54) is 0 Å². The van der Waals surface area contributed by atoms with E-state index in [2.05, 4.69) is 0 Å². The molecule has 0 saturated carbocycles. The van der Waals surface area contributed by atoms with E-state index in [9.17, 15) is 34.8 Å². The molecule has 7 nitrogen and oxygen atoms in total. The summed E-state index contributed by atoms with van der Waals surface area (Å²) in [5, 5.41) is 43.3. The van der Waals surface area contributed by atoms with Crippen LogP contribution in [0, 0.1) is 29.1 Å². The van der Waals surface area contributed by atoms with Crippen LogP contribution in [-0.4, -0.2) is 43.9 Å². The first-order chi connectivity index (χ1) is 14.5. The van der Waals surface area contributed by atoms with E-state index in [1.54, 1.807) is 20.8 Å². The van der Waals surface area contributed by atoms with Gasteiger partial charge < -0.3 is 20.4 Å². The maximum atomic E-state index is 13.1. The molecule has 182 valence electrons. The molecule has 0 amide bonds. The Labute approximate surface area is 187 Å². The summed E-state index contributed by atoms with van der Waals surface area (Å²) in [6, 6.07) is 0. The second-order valence-electron chi connectivity index (χ2n) is 8.81. The number of aliphatic hydroxyl groups is 1. The summed E-state index contributed by atoms with van der Waals surface area (Å²) in [4.78, 5) is 38.4. The van der Waals surface area contributed by atoms with Crippen LogP contribution in [0.1, 0.15) is 99.3 Å². The number of carboxylic acids is 3. The van der Waals surface area contributed by atoms with Crippen molar-refractivity contribution in [1.29, 1.82) is 0 Å². The molecule has 0 aliphatic rings. The molecule has 0 aromatic rings. The van der Waals surface area contributed by atoms with Crippen LogP contribution in [0.3, 0.4) is 0 Å². The molecular formula is C24H44O7. The van der Waals surface area contributed by atoms with Crippen LogP contribution in [0.5, 0.6) is 0 Å². The van der Waals surface area contributed by atoms with Crippen molar-refractivity contribution >= 4 is 17.9 Å². The van der Waals surface area contributed by atoms with Gasteiger partial charge in [0.2, 0.25) is 0 Å². The van der Waals surface area contributed by atoms with Gasteiger partial charge in [-0.25, -0.2) is 4.79 Å². The zero-order valence-corrected chi connectivity index (χ0v) is 20.2. The van der Waals surface area contributed by atoms with Crippen molar-refractivity contribution in [2.45, 2.75) is 105 Å². The molecular weight excluding hydrogens is 400 g/mol. The first kappa shape index (κ1) is 29.4. The van der Waals surface area contributed by atoms with E-state index in [0.29, 0.717) is 57.8 Å². The highest BCUT2D eigenvalue weighted by atomic mass is 16.4. The molecule has 7 heteroatoms. The van der Waals surface area contributed by atoms with Gasteiger partial charge in [-0.2, -0.15) is 0 Å². The molecule has 0 bridgehead atoms. The van der Waals surface area contributed by atoms with Gasteiger partial charge in [-0.05, 0) is 37.0 Å². The molecule has 4 N–H and O–H groups in total. The van der Waals surface area contributed by atoms with Crippen molar-refractivity contribution in [3.05, 3.63) is 0 Å². The number of rotatable bonds is 17. The van der Waals surface area contributed by atoms with Gasteiger partial charge in [-0.1, -0.05) is 80.1 Å². The predicted octanol–water partition coefficient (Wildman–Crippen LogP) is 5.05. The molecule has 0 aliphatic carbocycles. The normalized spacial score (nSPS) is 19.5. The number of carboxylic acid groups (broad SMARTS) is 3. The molecule has 0 spiro atoms. The molecule has 0 aliphatic heterocycles. The molecule has 0 aromatic carbocycles. The molecule has 0 fully saturated rings. The molecule has 5 atom stereocenters. The van der Waals surface area contributed by atoms with Crippen molar-refractivity contribution in [3.63, 3.8) is 0 Å². The van der Waals surface area contributed by atoms with Crippen LogP contribution in [-0.2, 0) is 14.4 Å². The van der Waals surface area contributed by atoms with Gasteiger partial charge in [-0.15, -0.1) is 0 Å². The second kappa shape index (κ2) is 13.0.